The highest BCUT2D eigenvalue weighted by Crippen LogP contribution is 2.44. The van der Waals surface area contributed by atoms with Gasteiger partial charge in [-0.15, -0.1) is 0 Å². The Morgan fingerprint density at radius 2 is 1.02 bits per heavy atom. The van der Waals surface area contributed by atoms with Crippen LogP contribution in [0.15, 0.2) is 146 Å². The highest BCUT2D eigenvalue weighted by atomic mass is 16.2. The molecule has 0 saturated heterocycles. The van der Waals surface area contributed by atoms with Crippen LogP contribution in [0.3, 0.4) is 0 Å². The number of hydrogen-bond donors (Lipinski definition) is 0. The zero-order valence-electron chi connectivity index (χ0n) is 27.5. The van der Waals surface area contributed by atoms with Crippen LogP contribution in [0.4, 0.5) is 5.69 Å². The summed E-state index contributed by atoms with van der Waals surface area (Å²) in [5.41, 5.74) is 12.1. The van der Waals surface area contributed by atoms with Crippen LogP contribution < -0.4 is 4.90 Å². The number of rotatable bonds is 5. The number of aromatic nitrogens is 3. The number of fused-ring (bicyclic) bond motifs is 4. The minimum atomic E-state index is -0.349. The molecule has 0 spiro atoms. The Balaban J connectivity index is 1.32. The number of amides is 2. The molecule has 0 bridgehead atoms. The van der Waals surface area contributed by atoms with Gasteiger partial charge in [-0.25, -0.2) is 4.90 Å². The van der Waals surface area contributed by atoms with Gasteiger partial charge in [-0.2, -0.15) is 0 Å². The van der Waals surface area contributed by atoms with E-state index in [1.165, 1.54) is 4.90 Å². The van der Waals surface area contributed by atoms with Gasteiger partial charge in [0, 0.05) is 46.7 Å². The van der Waals surface area contributed by atoms with E-state index in [9.17, 15) is 9.59 Å². The average Bonchev–Trinajstić information content (AvgIpc) is 3.63. The Hall–Kier alpha value is -6.66. The summed E-state index contributed by atoms with van der Waals surface area (Å²) in [7, 11) is 0. The lowest BCUT2D eigenvalue weighted by Crippen LogP contribution is -2.29. The summed E-state index contributed by atoms with van der Waals surface area (Å²) in [4.78, 5) is 38.8. The Bertz CT molecular complexity index is 2550. The van der Waals surface area contributed by atoms with E-state index < -0.39 is 0 Å². The normalized spacial score (nSPS) is 12.6. The number of para-hydroxylation sites is 2. The van der Waals surface area contributed by atoms with E-state index in [2.05, 4.69) is 64.8 Å². The van der Waals surface area contributed by atoms with Crippen LogP contribution in [0.5, 0.6) is 0 Å². The fourth-order valence-corrected chi connectivity index (χ4v) is 7.46. The van der Waals surface area contributed by atoms with Gasteiger partial charge in [-0.3, -0.25) is 19.6 Å². The van der Waals surface area contributed by atoms with Crippen molar-refractivity contribution in [2.75, 3.05) is 4.90 Å². The maximum absolute atomic E-state index is 14.6. The molecule has 5 aromatic carbocycles. The van der Waals surface area contributed by atoms with Crippen LogP contribution in [-0.4, -0.2) is 26.3 Å². The molecule has 1 aliphatic heterocycles. The average molecular weight is 647 g/mol. The fraction of sp³-hybridized carbons (Fsp3) is 0.0455. The summed E-state index contributed by atoms with van der Waals surface area (Å²) in [6.45, 7) is 4.12. The van der Waals surface area contributed by atoms with Crippen molar-refractivity contribution in [1.82, 2.24) is 14.5 Å². The third kappa shape index (κ3) is 4.42. The maximum Gasteiger partial charge on any atom is 0.268 e. The molecule has 0 atom stereocenters. The summed E-state index contributed by atoms with van der Waals surface area (Å²) in [6.07, 6.45) is 7.36. The van der Waals surface area contributed by atoms with Gasteiger partial charge in [0.05, 0.1) is 33.5 Å². The van der Waals surface area contributed by atoms with Gasteiger partial charge in [0.1, 0.15) is 0 Å². The van der Waals surface area contributed by atoms with Crippen LogP contribution in [0.1, 0.15) is 31.8 Å². The van der Waals surface area contributed by atoms with Crippen molar-refractivity contribution in [3.8, 4) is 39.1 Å². The second kappa shape index (κ2) is 11.5. The van der Waals surface area contributed by atoms with Crippen molar-refractivity contribution in [2.45, 2.75) is 13.8 Å². The van der Waals surface area contributed by atoms with Gasteiger partial charge in [0.2, 0.25) is 0 Å². The highest BCUT2D eigenvalue weighted by molar-refractivity contribution is 6.36. The van der Waals surface area contributed by atoms with Crippen LogP contribution >= 0.6 is 0 Å². The zero-order chi connectivity index (χ0) is 33.9. The fourth-order valence-electron chi connectivity index (χ4n) is 7.46. The molecule has 2 amide bonds. The predicted molar refractivity (Wildman–Crippen MR) is 200 cm³/mol. The van der Waals surface area contributed by atoms with Gasteiger partial charge in [-0.05, 0) is 83.6 Å². The van der Waals surface area contributed by atoms with Crippen LogP contribution in [0.25, 0.3) is 60.9 Å². The van der Waals surface area contributed by atoms with Crippen molar-refractivity contribution in [3.63, 3.8) is 0 Å². The van der Waals surface area contributed by atoms with E-state index in [-0.39, 0.29) is 11.8 Å². The van der Waals surface area contributed by atoms with E-state index in [0.29, 0.717) is 22.5 Å². The smallest absolute Gasteiger partial charge is 0.268 e. The lowest BCUT2D eigenvalue weighted by molar-refractivity contribution is 0.0926. The first-order chi connectivity index (χ1) is 24.5. The topological polar surface area (TPSA) is 68.1 Å². The lowest BCUT2D eigenvalue weighted by Gasteiger charge is -2.17. The van der Waals surface area contributed by atoms with E-state index in [1.807, 2.05) is 104 Å². The summed E-state index contributed by atoms with van der Waals surface area (Å²) < 4.78 is 2.20. The molecular formula is C44H30N4O2. The lowest BCUT2D eigenvalue weighted by atomic mass is 9.98. The molecule has 0 aliphatic carbocycles. The number of hydrogen-bond acceptors (Lipinski definition) is 4. The number of pyridine rings is 2. The van der Waals surface area contributed by atoms with Gasteiger partial charge in [0.25, 0.3) is 11.8 Å². The van der Waals surface area contributed by atoms with Crippen molar-refractivity contribution in [3.05, 3.63) is 168 Å². The molecule has 50 heavy (non-hydrogen) atoms. The Morgan fingerprint density at radius 1 is 0.480 bits per heavy atom. The summed E-state index contributed by atoms with van der Waals surface area (Å²) in [5, 5.41) is 2.09. The van der Waals surface area contributed by atoms with E-state index >= 15 is 0 Å². The first-order valence-electron chi connectivity index (χ1n) is 16.6. The Kier molecular flexibility index (Phi) is 6.78. The molecule has 1 aliphatic rings. The molecule has 0 unspecified atom stereocenters. The summed E-state index contributed by atoms with van der Waals surface area (Å²) in [5.74, 6) is -0.686. The molecule has 0 N–H and O–H groups in total. The molecule has 8 aromatic rings. The molecule has 6 heteroatoms. The van der Waals surface area contributed by atoms with Crippen LogP contribution in [0.2, 0.25) is 0 Å². The Labute approximate surface area is 288 Å². The van der Waals surface area contributed by atoms with E-state index in [0.717, 1.165) is 66.3 Å². The molecule has 6 nitrogen and oxygen atoms in total. The number of benzene rings is 5. The van der Waals surface area contributed by atoms with Gasteiger partial charge in [0.15, 0.2) is 0 Å². The summed E-state index contributed by atoms with van der Waals surface area (Å²) in [6, 6.07) is 40.0. The van der Waals surface area contributed by atoms with Gasteiger partial charge < -0.3 is 4.57 Å². The second-order valence-corrected chi connectivity index (χ2v) is 12.7. The van der Waals surface area contributed by atoms with Gasteiger partial charge in [-0.1, -0.05) is 84.9 Å². The second-order valence-electron chi connectivity index (χ2n) is 12.7. The molecule has 0 fully saturated rings. The molecule has 0 radical (unpaired) electrons. The summed E-state index contributed by atoms with van der Waals surface area (Å²) >= 11 is 0. The van der Waals surface area contributed by atoms with Crippen molar-refractivity contribution in [1.29, 1.82) is 0 Å². The molecular weight excluding hydrogens is 617 g/mol. The van der Waals surface area contributed by atoms with E-state index in [4.69, 9.17) is 0 Å². The molecule has 9 rings (SSSR count). The number of carbonyl (C=O) groups excluding carboxylic acids is 2. The van der Waals surface area contributed by atoms with Gasteiger partial charge >= 0.3 is 0 Å². The number of imide groups is 1. The molecule has 3 aromatic heterocycles. The Morgan fingerprint density at radius 3 is 1.60 bits per heavy atom. The van der Waals surface area contributed by atoms with Crippen LogP contribution in [0, 0.1) is 13.8 Å². The van der Waals surface area contributed by atoms with Crippen LogP contribution in [-0.2, 0) is 0 Å². The monoisotopic (exact) mass is 646 g/mol. The third-order valence-corrected chi connectivity index (χ3v) is 9.80. The SMILES string of the molecule is Cc1cnccc1-c1cccc2c3cccc(-c4ccncc4C)c3n(-c3cccc4c3C(=O)N(c3ccc(-c5ccccc5)cc3)C4=O)c12. The first kappa shape index (κ1) is 29.5. The molecule has 238 valence electrons. The third-order valence-electron chi connectivity index (χ3n) is 9.80. The number of nitrogens with zero attached hydrogens (tertiary/aromatic N) is 4. The quantitative estimate of drug-likeness (QED) is 0.175. The van der Waals surface area contributed by atoms with E-state index in [1.54, 1.807) is 6.07 Å². The van der Waals surface area contributed by atoms with Crippen molar-refractivity contribution < 1.29 is 9.59 Å². The molecule has 0 saturated carbocycles. The minimum Gasteiger partial charge on any atom is -0.307 e. The predicted octanol–water partition coefficient (Wildman–Crippen LogP) is 9.99. The highest BCUT2D eigenvalue weighted by Gasteiger charge is 2.39. The largest absolute Gasteiger partial charge is 0.307 e. The maximum atomic E-state index is 14.6. The standard InChI is InChI=1S/C44H30N4O2/c1-27-25-45-23-21-32(27)34-11-6-13-36-37-14-7-12-35(33-22-24-46-26-28(33)2)42(37)48(41(34)36)39-16-8-15-38-40(39)44(50)47(43(38)49)31-19-17-30(18-20-31)29-9-4-3-5-10-29/h3-26H,1-2H3. The minimum absolute atomic E-state index is 0.338. The van der Waals surface area contributed by atoms with Crippen molar-refractivity contribution >= 4 is 39.3 Å². The number of carbonyl (C=O) groups is 2. The number of aryl methyl sites for hydroxylation is 2. The zero-order valence-corrected chi connectivity index (χ0v) is 27.5. The molecule has 4 heterocycles. The number of anilines is 1. The first-order valence-corrected chi connectivity index (χ1v) is 16.6. The van der Waals surface area contributed by atoms with Crippen molar-refractivity contribution in [2.24, 2.45) is 0 Å².